The monoisotopic (exact) mass is 195 g/mol. The highest BCUT2D eigenvalue weighted by Gasteiger charge is 2.46. The average molecular weight is 195 g/mol. The van der Waals surface area contributed by atoms with E-state index in [-0.39, 0.29) is 12.2 Å². The molecule has 68 valence electrons. The molecule has 1 fully saturated rings. The van der Waals surface area contributed by atoms with Crippen LogP contribution in [0.5, 0.6) is 0 Å². The van der Waals surface area contributed by atoms with Crippen LogP contribution >= 0.6 is 0 Å². The van der Waals surface area contributed by atoms with Crippen LogP contribution in [-0.2, 0) is 9.84 Å². The highest BCUT2D eigenvalue weighted by Crippen LogP contribution is 2.32. The van der Waals surface area contributed by atoms with Gasteiger partial charge in [0, 0.05) is 0 Å². The molecule has 1 aliphatic rings. The molecule has 0 radical (unpaired) electrons. The summed E-state index contributed by atoms with van der Waals surface area (Å²) in [5, 5.41) is 8.03. The van der Waals surface area contributed by atoms with E-state index in [1.54, 1.807) is 0 Å². The van der Waals surface area contributed by atoms with E-state index >= 15 is 0 Å². The van der Waals surface area contributed by atoms with Gasteiger partial charge in [-0.05, 0) is 6.42 Å². The zero-order valence-electron chi connectivity index (χ0n) is 6.13. The number of alkyl halides is 2. The lowest BCUT2D eigenvalue weighted by Crippen LogP contribution is -2.27. The number of halogens is 2. The summed E-state index contributed by atoms with van der Waals surface area (Å²) >= 11 is 0. The molecule has 0 amide bonds. The summed E-state index contributed by atoms with van der Waals surface area (Å²) in [7, 11) is -3.32. The molecule has 1 saturated heterocycles. The molecule has 0 aromatic rings. The Morgan fingerprint density at radius 3 is 2.42 bits per heavy atom. The molecule has 3 nitrogen and oxygen atoms in total. The second-order valence-electron chi connectivity index (χ2n) is 2.83. The number of nitrogens with zero attached hydrogens (tertiary/aromatic N) is 1. The van der Waals surface area contributed by atoms with Gasteiger partial charge in [-0.2, -0.15) is 14.0 Å². The summed E-state index contributed by atoms with van der Waals surface area (Å²) in [4.78, 5) is 0. The Morgan fingerprint density at radius 1 is 1.50 bits per heavy atom. The van der Waals surface area contributed by atoms with E-state index in [1.165, 1.54) is 0 Å². The summed E-state index contributed by atoms with van der Waals surface area (Å²) in [6.07, 6.45) is -0.108. The van der Waals surface area contributed by atoms with Crippen LogP contribution in [0.3, 0.4) is 0 Å². The Labute approximate surface area is 68.9 Å². The van der Waals surface area contributed by atoms with Crippen molar-refractivity contribution in [1.29, 1.82) is 5.26 Å². The lowest BCUT2D eigenvalue weighted by atomic mass is 10.0. The van der Waals surface area contributed by atoms with Crippen LogP contribution < -0.4 is 0 Å². The second kappa shape index (κ2) is 2.66. The van der Waals surface area contributed by atoms with Gasteiger partial charge in [-0.25, -0.2) is 8.42 Å². The highest BCUT2D eigenvalue weighted by molar-refractivity contribution is 7.91. The van der Waals surface area contributed by atoms with Gasteiger partial charge >= 0.3 is 5.92 Å². The van der Waals surface area contributed by atoms with Crippen LogP contribution in [0, 0.1) is 17.2 Å². The fraction of sp³-hybridized carbons (Fsp3) is 0.833. The van der Waals surface area contributed by atoms with E-state index in [9.17, 15) is 17.2 Å². The molecular formula is C6H7F2NO2S. The first-order chi connectivity index (χ1) is 5.37. The zero-order valence-corrected chi connectivity index (χ0v) is 6.94. The van der Waals surface area contributed by atoms with Gasteiger partial charge in [-0.3, -0.25) is 0 Å². The molecule has 12 heavy (non-hydrogen) atoms. The Kier molecular flexibility index (Phi) is 2.08. The number of hydrogen-bond donors (Lipinski definition) is 0. The van der Waals surface area contributed by atoms with Crippen LogP contribution in [0.25, 0.3) is 0 Å². The van der Waals surface area contributed by atoms with Gasteiger partial charge < -0.3 is 0 Å². The van der Waals surface area contributed by atoms with E-state index in [1.807, 2.05) is 0 Å². The van der Waals surface area contributed by atoms with Gasteiger partial charge in [0.05, 0.1) is 17.4 Å². The highest BCUT2D eigenvalue weighted by atomic mass is 32.2. The van der Waals surface area contributed by atoms with Crippen molar-refractivity contribution in [1.82, 2.24) is 0 Å². The Balaban J connectivity index is 2.79. The largest absolute Gasteiger partial charge is 0.335 e. The quantitative estimate of drug-likeness (QED) is 0.615. The number of sulfone groups is 1. The average Bonchev–Trinajstić information content (AvgIpc) is 2.31. The van der Waals surface area contributed by atoms with Gasteiger partial charge in [-0.1, -0.05) is 0 Å². The van der Waals surface area contributed by atoms with Crippen molar-refractivity contribution in [2.75, 3.05) is 11.5 Å². The summed E-state index contributed by atoms with van der Waals surface area (Å²) in [6, 6.07) is 0.823. The molecule has 1 unspecified atom stereocenters. The molecule has 0 bridgehead atoms. The van der Waals surface area contributed by atoms with Crippen molar-refractivity contribution < 1.29 is 17.2 Å². The third-order valence-electron chi connectivity index (χ3n) is 1.89. The molecule has 0 spiro atoms. The summed E-state index contributed by atoms with van der Waals surface area (Å²) < 4.78 is 46.7. The van der Waals surface area contributed by atoms with Crippen LogP contribution in [0.2, 0.25) is 0 Å². The second-order valence-corrected chi connectivity index (χ2v) is 5.06. The van der Waals surface area contributed by atoms with E-state index in [0.717, 1.165) is 6.07 Å². The molecule has 0 aromatic carbocycles. The van der Waals surface area contributed by atoms with Crippen molar-refractivity contribution in [2.24, 2.45) is 5.92 Å². The van der Waals surface area contributed by atoms with E-state index < -0.39 is 27.4 Å². The first-order valence-electron chi connectivity index (χ1n) is 3.37. The molecule has 1 heterocycles. The van der Waals surface area contributed by atoms with Gasteiger partial charge in [-0.15, -0.1) is 0 Å². The topological polar surface area (TPSA) is 57.9 Å². The molecule has 1 rings (SSSR count). The normalized spacial score (nSPS) is 28.2. The van der Waals surface area contributed by atoms with Crippen molar-refractivity contribution >= 4 is 9.84 Å². The number of hydrogen-bond acceptors (Lipinski definition) is 3. The van der Waals surface area contributed by atoms with E-state index in [2.05, 4.69) is 0 Å². The number of rotatable bonds is 1. The molecular weight excluding hydrogens is 188 g/mol. The third kappa shape index (κ3) is 1.72. The van der Waals surface area contributed by atoms with Crippen molar-refractivity contribution in [3.63, 3.8) is 0 Å². The first kappa shape index (κ1) is 9.39. The van der Waals surface area contributed by atoms with E-state index in [0.29, 0.717) is 0 Å². The minimum atomic E-state index is -3.50. The maximum Gasteiger partial charge on any atom is 0.335 e. The predicted molar refractivity (Wildman–Crippen MR) is 37.3 cm³/mol. The first-order valence-corrected chi connectivity index (χ1v) is 5.19. The fourth-order valence-electron chi connectivity index (χ4n) is 1.17. The van der Waals surface area contributed by atoms with Gasteiger partial charge in [0.2, 0.25) is 0 Å². The summed E-state index contributed by atoms with van der Waals surface area (Å²) in [5.74, 6) is -5.60. The fourth-order valence-corrected chi connectivity index (χ4v) is 2.97. The maximum absolute atomic E-state index is 12.6. The Morgan fingerprint density at radius 2 is 2.08 bits per heavy atom. The summed E-state index contributed by atoms with van der Waals surface area (Å²) in [6.45, 7) is 0. The summed E-state index contributed by atoms with van der Waals surface area (Å²) in [5.41, 5.74) is 0. The maximum atomic E-state index is 12.6. The van der Waals surface area contributed by atoms with Crippen LogP contribution in [0.1, 0.15) is 6.42 Å². The molecule has 1 aliphatic heterocycles. The Hall–Kier alpha value is -0.700. The predicted octanol–water partition coefficient (Wildman–Crippen LogP) is 0.580. The Bertz CT molecular complexity index is 317. The van der Waals surface area contributed by atoms with E-state index in [4.69, 9.17) is 5.26 Å². The molecule has 1 atom stereocenters. The third-order valence-corrected chi connectivity index (χ3v) is 3.66. The number of nitriles is 1. The minimum Gasteiger partial charge on any atom is -0.229 e. The van der Waals surface area contributed by atoms with Gasteiger partial charge in [0.15, 0.2) is 9.84 Å². The van der Waals surface area contributed by atoms with Crippen LogP contribution in [0.15, 0.2) is 0 Å². The van der Waals surface area contributed by atoms with Crippen LogP contribution in [0.4, 0.5) is 8.78 Å². The lowest BCUT2D eigenvalue weighted by molar-refractivity contribution is 0.0100. The standard InChI is InChI=1S/C6H7F2NO2S/c7-6(8,4-9)5-1-2-12(10,11)3-5/h5H,1-3H2. The molecule has 0 aliphatic carbocycles. The minimum absolute atomic E-state index is 0.108. The zero-order chi connectivity index (χ0) is 9.41. The molecule has 6 heteroatoms. The van der Waals surface area contributed by atoms with Gasteiger partial charge in [0.25, 0.3) is 0 Å². The van der Waals surface area contributed by atoms with Crippen LogP contribution in [-0.4, -0.2) is 25.8 Å². The molecule has 0 saturated carbocycles. The van der Waals surface area contributed by atoms with Gasteiger partial charge in [0.1, 0.15) is 6.07 Å². The van der Waals surface area contributed by atoms with Crippen molar-refractivity contribution in [3.8, 4) is 6.07 Å². The SMILES string of the molecule is N#CC(F)(F)C1CCS(=O)(=O)C1. The van der Waals surface area contributed by atoms with Crippen molar-refractivity contribution in [3.05, 3.63) is 0 Å². The molecule has 0 N–H and O–H groups in total. The van der Waals surface area contributed by atoms with Crippen molar-refractivity contribution in [2.45, 2.75) is 12.3 Å². The molecule has 0 aromatic heterocycles. The lowest BCUT2D eigenvalue weighted by Gasteiger charge is -2.12. The smallest absolute Gasteiger partial charge is 0.229 e.